The molecule has 0 aliphatic heterocycles. The van der Waals surface area contributed by atoms with Gasteiger partial charge in [0.05, 0.1) is 0 Å². The maximum Gasteiger partial charge on any atom is 2.00 e. The summed E-state index contributed by atoms with van der Waals surface area (Å²) in [4.78, 5) is 0. The second kappa shape index (κ2) is 12.5. The Labute approximate surface area is 139 Å². The van der Waals surface area contributed by atoms with E-state index in [1.807, 2.05) is 48.5 Å². The number of rotatable bonds is 6. The summed E-state index contributed by atoms with van der Waals surface area (Å²) in [5, 5.41) is 35.0. The Kier molecular flexibility index (Phi) is 12.4. The van der Waals surface area contributed by atoms with Crippen LogP contribution in [0.25, 0.3) is 0 Å². The van der Waals surface area contributed by atoms with Gasteiger partial charge in [-0.25, -0.2) is 18.2 Å². The molecule has 0 aliphatic carbocycles. The molecule has 2 unspecified atom stereocenters. The molecular weight excluding hydrogens is 350 g/mol. The third kappa shape index (κ3) is 10.3. The standard InChI is InChI=1S/C9H15O4P2.C5H5.Fe/c10-8(11)14-4-6-2-1-3-7(6)5-15-9(12)13;1-2-4-5-3-1;/h1-3,8-15H,4-5H2;1-5H;/q2*-1;+2. The minimum Gasteiger partial charge on any atom is -0.365 e. The molecule has 118 valence electrons. The minimum atomic E-state index is -1.25. The van der Waals surface area contributed by atoms with E-state index in [1.54, 1.807) is 0 Å². The normalized spacial score (nSPS) is 11.3. The Morgan fingerprint density at radius 3 is 1.95 bits per heavy atom. The van der Waals surface area contributed by atoms with Crippen molar-refractivity contribution < 1.29 is 37.5 Å². The van der Waals surface area contributed by atoms with E-state index in [9.17, 15) is 0 Å². The van der Waals surface area contributed by atoms with Gasteiger partial charge < -0.3 is 20.4 Å². The molecule has 0 amide bonds. The second-order valence-corrected chi connectivity index (χ2v) is 6.60. The molecule has 4 nitrogen and oxygen atoms in total. The molecule has 2 rings (SSSR count). The van der Waals surface area contributed by atoms with Crippen molar-refractivity contribution in [3.63, 3.8) is 0 Å². The van der Waals surface area contributed by atoms with Crippen molar-refractivity contribution in [1.82, 2.24) is 0 Å². The first-order chi connectivity index (χ1) is 9.59. The van der Waals surface area contributed by atoms with Crippen molar-refractivity contribution in [2.24, 2.45) is 0 Å². The quantitative estimate of drug-likeness (QED) is 0.270. The van der Waals surface area contributed by atoms with Crippen molar-refractivity contribution in [2.75, 3.05) is 0 Å². The van der Waals surface area contributed by atoms with Crippen molar-refractivity contribution >= 4 is 17.2 Å². The van der Waals surface area contributed by atoms with Gasteiger partial charge in [-0.15, -0.1) is 0 Å². The predicted molar refractivity (Wildman–Crippen MR) is 84.6 cm³/mol. The number of aliphatic hydroxyl groups is 4. The maximum atomic E-state index is 8.75. The van der Waals surface area contributed by atoms with Gasteiger partial charge in [0.1, 0.15) is 0 Å². The van der Waals surface area contributed by atoms with Crippen molar-refractivity contribution in [1.29, 1.82) is 0 Å². The molecule has 0 spiro atoms. The van der Waals surface area contributed by atoms with E-state index in [2.05, 4.69) is 0 Å². The summed E-state index contributed by atoms with van der Waals surface area (Å²) < 4.78 is 0. The third-order valence-electron chi connectivity index (χ3n) is 2.51. The first kappa shape index (κ1) is 20.9. The molecule has 0 fully saturated rings. The van der Waals surface area contributed by atoms with Crippen LogP contribution in [0.4, 0.5) is 0 Å². The predicted octanol–water partition coefficient (Wildman–Crippen LogP) is 1.70. The Hall–Kier alpha value is -0.0805. The third-order valence-corrected chi connectivity index (χ3v) is 4.41. The van der Waals surface area contributed by atoms with Crippen LogP contribution in [-0.2, 0) is 29.4 Å². The fourth-order valence-electron chi connectivity index (χ4n) is 1.56. The molecule has 2 aromatic carbocycles. The maximum absolute atomic E-state index is 8.75. The van der Waals surface area contributed by atoms with Gasteiger partial charge in [-0.05, 0) is 6.16 Å². The van der Waals surface area contributed by atoms with Crippen LogP contribution in [-0.4, -0.2) is 32.5 Å². The van der Waals surface area contributed by atoms with Crippen LogP contribution >= 0.6 is 17.2 Å². The van der Waals surface area contributed by atoms with E-state index in [0.717, 1.165) is 11.1 Å². The van der Waals surface area contributed by atoms with E-state index in [4.69, 9.17) is 20.4 Å². The zero-order chi connectivity index (χ0) is 14.8. The molecule has 0 heterocycles. The molecule has 21 heavy (non-hydrogen) atoms. The minimum absolute atomic E-state index is 0. The molecule has 0 bridgehead atoms. The molecule has 0 radical (unpaired) electrons. The summed E-state index contributed by atoms with van der Waals surface area (Å²) >= 11 is 0. The summed E-state index contributed by atoms with van der Waals surface area (Å²) in [5.41, 5.74) is 2.13. The van der Waals surface area contributed by atoms with E-state index in [-0.39, 0.29) is 34.2 Å². The first-order valence-corrected chi connectivity index (χ1v) is 8.75. The van der Waals surface area contributed by atoms with Gasteiger partial charge in [0.15, 0.2) is 12.1 Å². The molecule has 2 aromatic rings. The van der Waals surface area contributed by atoms with E-state index >= 15 is 0 Å². The Morgan fingerprint density at radius 1 is 0.905 bits per heavy atom. The summed E-state index contributed by atoms with van der Waals surface area (Å²) in [6.07, 6.45) is 1.26. The van der Waals surface area contributed by atoms with Gasteiger partial charge in [-0.2, -0.15) is 41.5 Å². The van der Waals surface area contributed by atoms with Crippen LogP contribution in [0.2, 0.25) is 0 Å². The van der Waals surface area contributed by atoms with Crippen LogP contribution in [0.5, 0.6) is 0 Å². The topological polar surface area (TPSA) is 80.9 Å². The van der Waals surface area contributed by atoms with E-state index < -0.39 is 12.1 Å². The van der Waals surface area contributed by atoms with Gasteiger partial charge in [-0.3, -0.25) is 0 Å². The van der Waals surface area contributed by atoms with Crippen LogP contribution < -0.4 is 0 Å². The summed E-state index contributed by atoms with van der Waals surface area (Å²) in [6.45, 7) is 0. The molecule has 0 aliphatic rings. The van der Waals surface area contributed by atoms with Crippen molar-refractivity contribution in [3.05, 3.63) is 59.7 Å². The van der Waals surface area contributed by atoms with Gasteiger partial charge in [0.2, 0.25) is 0 Å². The molecule has 2 atom stereocenters. The van der Waals surface area contributed by atoms with Gasteiger partial charge in [0.25, 0.3) is 0 Å². The smallest absolute Gasteiger partial charge is 0.365 e. The second-order valence-electron chi connectivity index (χ2n) is 4.05. The fraction of sp³-hybridized carbons (Fsp3) is 0.286. The summed E-state index contributed by atoms with van der Waals surface area (Å²) in [6, 6.07) is 13.3. The number of aliphatic hydroxyl groups excluding tert-OH is 2. The summed E-state index contributed by atoms with van der Waals surface area (Å²) in [7, 11) is 0.135. The first-order valence-electron chi connectivity index (χ1n) is 6.19. The molecule has 0 saturated carbocycles. The van der Waals surface area contributed by atoms with Gasteiger partial charge in [-0.1, -0.05) is 23.3 Å². The largest absolute Gasteiger partial charge is 2.00 e. The molecule has 7 heteroatoms. The molecule has 0 aromatic heterocycles. The molecule has 0 saturated heterocycles. The average molecular weight is 370 g/mol. The number of hydrogen-bond acceptors (Lipinski definition) is 4. The van der Waals surface area contributed by atoms with Crippen LogP contribution in [0.15, 0.2) is 48.5 Å². The van der Waals surface area contributed by atoms with E-state index in [1.165, 1.54) is 0 Å². The number of hydrogen-bond donors (Lipinski definition) is 4. The van der Waals surface area contributed by atoms with E-state index in [0.29, 0.717) is 12.3 Å². The average Bonchev–Trinajstić information content (AvgIpc) is 3.08. The van der Waals surface area contributed by atoms with Crippen molar-refractivity contribution in [2.45, 2.75) is 24.4 Å². The summed E-state index contributed by atoms with van der Waals surface area (Å²) in [5.74, 6) is 0. The van der Waals surface area contributed by atoms with Gasteiger partial charge >= 0.3 is 17.1 Å². The van der Waals surface area contributed by atoms with Gasteiger partial charge in [0, 0.05) is 0 Å². The van der Waals surface area contributed by atoms with Crippen LogP contribution in [0, 0.1) is 0 Å². The van der Waals surface area contributed by atoms with Crippen molar-refractivity contribution in [3.8, 4) is 0 Å². The fourth-order valence-corrected chi connectivity index (χ4v) is 3.06. The van der Waals surface area contributed by atoms with Crippen LogP contribution in [0.1, 0.15) is 11.1 Å². The SMILES string of the molecule is OC(O)PCc1cc[cH-]c1CPC(O)O.[Fe+2].c1cc[cH-]c1. The molecule has 4 N–H and O–H groups in total. The Bertz CT molecular complexity index is 400. The Balaban J connectivity index is 0.000000562. The zero-order valence-electron chi connectivity index (χ0n) is 11.3. The van der Waals surface area contributed by atoms with Crippen LogP contribution in [0.3, 0.4) is 0 Å². The Morgan fingerprint density at radius 2 is 1.48 bits per heavy atom. The zero-order valence-corrected chi connectivity index (χ0v) is 14.4. The monoisotopic (exact) mass is 370 g/mol. The molecular formula is C14H20FeO4P2.